The monoisotopic (exact) mass is 439 g/mol. The maximum absolute atomic E-state index is 13.2. The predicted octanol–water partition coefficient (Wildman–Crippen LogP) is 3.97. The van der Waals surface area contributed by atoms with Gasteiger partial charge in [0.15, 0.2) is 0 Å². The lowest BCUT2D eigenvalue weighted by Crippen LogP contribution is -2.23. The Morgan fingerprint density at radius 2 is 1.50 bits per heavy atom. The first-order chi connectivity index (χ1) is 15.2. The van der Waals surface area contributed by atoms with E-state index in [0.29, 0.717) is 5.39 Å². The second-order valence-electron chi connectivity index (χ2n) is 7.68. The van der Waals surface area contributed by atoms with E-state index in [2.05, 4.69) is 0 Å². The summed E-state index contributed by atoms with van der Waals surface area (Å²) in [5, 5.41) is 1.33. The van der Waals surface area contributed by atoms with E-state index in [1.807, 2.05) is 12.1 Å². The van der Waals surface area contributed by atoms with Crippen molar-refractivity contribution in [2.45, 2.75) is 46.8 Å². The van der Waals surface area contributed by atoms with Crippen LogP contribution in [0.2, 0.25) is 0 Å². The zero-order chi connectivity index (χ0) is 23.6. The lowest BCUT2D eigenvalue weighted by molar-refractivity contribution is -0.137. The van der Waals surface area contributed by atoms with E-state index in [1.165, 1.54) is 4.40 Å². The molecule has 8 heteroatoms. The van der Waals surface area contributed by atoms with Crippen LogP contribution < -0.4 is 0 Å². The molecule has 0 N–H and O–H groups in total. The number of rotatable bonds is 7. The largest absolute Gasteiger partial charge is 0.460 e. The first-order valence-electron chi connectivity index (χ1n) is 10.4. The lowest BCUT2D eigenvalue weighted by atomic mass is 10.0. The number of Topliss-reactive ketones (excluding diaryl/α,β-unsaturated/α-hetero) is 1. The molecular weight excluding hydrogens is 414 g/mol. The summed E-state index contributed by atoms with van der Waals surface area (Å²) in [6.07, 6.45) is 0.552. The zero-order valence-corrected chi connectivity index (χ0v) is 18.6. The van der Waals surface area contributed by atoms with Crippen LogP contribution in [0.4, 0.5) is 0 Å². The van der Waals surface area contributed by atoms with Crippen molar-refractivity contribution < 1.29 is 33.4 Å². The Balaban J connectivity index is 2.48. The number of nitrogens with zero attached hydrogens (tertiary/aromatic N) is 1. The minimum Gasteiger partial charge on any atom is -0.460 e. The fraction of sp³-hybridized carbons (Fsp3) is 0.333. The molecule has 0 saturated carbocycles. The Morgan fingerprint density at radius 3 is 2.12 bits per heavy atom. The first-order valence-corrected chi connectivity index (χ1v) is 10.4. The van der Waals surface area contributed by atoms with Crippen molar-refractivity contribution >= 4 is 40.0 Å². The molecule has 0 aliphatic rings. The van der Waals surface area contributed by atoms with Crippen LogP contribution in [0.3, 0.4) is 0 Å². The number of hydrogen-bond acceptors (Lipinski definition) is 7. The SMILES string of the molecule is CCOC(=O)C(=O)c1c(C(=O)OC(C)C)c(C(=O)OC(C)C)n2ccc3ccccc3c12. The average molecular weight is 439 g/mol. The molecule has 0 amide bonds. The number of ketones is 1. The van der Waals surface area contributed by atoms with Crippen molar-refractivity contribution in [2.75, 3.05) is 6.61 Å². The number of hydrogen-bond donors (Lipinski definition) is 0. The van der Waals surface area contributed by atoms with E-state index in [0.717, 1.165) is 5.39 Å². The molecule has 0 saturated heterocycles. The highest BCUT2D eigenvalue weighted by atomic mass is 16.6. The van der Waals surface area contributed by atoms with Gasteiger partial charge in [-0.1, -0.05) is 24.3 Å². The van der Waals surface area contributed by atoms with Crippen molar-refractivity contribution in [3.63, 3.8) is 0 Å². The van der Waals surface area contributed by atoms with Crippen LogP contribution >= 0.6 is 0 Å². The fourth-order valence-corrected chi connectivity index (χ4v) is 3.48. The summed E-state index contributed by atoms with van der Waals surface area (Å²) < 4.78 is 17.0. The van der Waals surface area contributed by atoms with Crippen molar-refractivity contribution in [2.24, 2.45) is 0 Å². The van der Waals surface area contributed by atoms with Gasteiger partial charge in [-0.15, -0.1) is 0 Å². The highest BCUT2D eigenvalue weighted by Crippen LogP contribution is 2.32. The van der Waals surface area contributed by atoms with Gasteiger partial charge in [0.1, 0.15) is 11.3 Å². The quantitative estimate of drug-likeness (QED) is 0.238. The highest BCUT2D eigenvalue weighted by Gasteiger charge is 2.37. The van der Waals surface area contributed by atoms with E-state index in [-0.39, 0.29) is 28.9 Å². The second kappa shape index (κ2) is 9.21. The number of ether oxygens (including phenoxy) is 3. The summed E-state index contributed by atoms with van der Waals surface area (Å²) in [7, 11) is 0. The molecule has 0 atom stereocenters. The van der Waals surface area contributed by atoms with Crippen molar-refractivity contribution in [3.05, 3.63) is 53.3 Å². The number of carbonyl (C=O) groups excluding carboxylic acids is 4. The van der Waals surface area contributed by atoms with Crippen LogP contribution in [-0.2, 0) is 19.0 Å². The molecule has 168 valence electrons. The van der Waals surface area contributed by atoms with Gasteiger partial charge in [-0.2, -0.15) is 0 Å². The molecule has 0 bridgehead atoms. The van der Waals surface area contributed by atoms with Crippen LogP contribution in [-0.4, -0.2) is 46.9 Å². The topological polar surface area (TPSA) is 100 Å². The minimum atomic E-state index is -1.13. The molecule has 2 heterocycles. The molecule has 1 aromatic carbocycles. The summed E-state index contributed by atoms with van der Waals surface area (Å²) in [6, 6.07) is 8.87. The van der Waals surface area contributed by atoms with Crippen LogP contribution in [0.15, 0.2) is 36.5 Å². The molecule has 32 heavy (non-hydrogen) atoms. The predicted molar refractivity (Wildman–Crippen MR) is 117 cm³/mol. The van der Waals surface area contributed by atoms with E-state index >= 15 is 0 Å². The van der Waals surface area contributed by atoms with E-state index in [9.17, 15) is 19.2 Å². The van der Waals surface area contributed by atoms with E-state index in [1.54, 1.807) is 59.0 Å². The summed E-state index contributed by atoms with van der Waals surface area (Å²) >= 11 is 0. The third kappa shape index (κ3) is 4.21. The molecular formula is C24H25NO7. The molecule has 3 rings (SSSR count). The highest BCUT2D eigenvalue weighted by molar-refractivity contribution is 6.45. The summed E-state index contributed by atoms with van der Waals surface area (Å²) in [4.78, 5) is 51.8. The molecule has 0 spiro atoms. The van der Waals surface area contributed by atoms with Crippen LogP contribution in [0.25, 0.3) is 16.3 Å². The maximum Gasteiger partial charge on any atom is 0.379 e. The standard InChI is InChI=1S/C24H25NO7/c1-6-30-24(29)21(26)17-18(22(27)31-13(2)3)20(23(28)32-14(4)5)25-12-11-15-9-7-8-10-16(15)19(17)25/h7-14H,6H2,1-5H3. The Hall–Kier alpha value is -3.68. The van der Waals surface area contributed by atoms with E-state index in [4.69, 9.17) is 14.2 Å². The number of fused-ring (bicyclic) bond motifs is 3. The molecule has 0 fully saturated rings. The average Bonchev–Trinajstić information content (AvgIpc) is 3.08. The smallest absolute Gasteiger partial charge is 0.379 e. The molecule has 2 aromatic heterocycles. The maximum atomic E-state index is 13.2. The van der Waals surface area contributed by atoms with Crippen LogP contribution in [0.1, 0.15) is 65.8 Å². The van der Waals surface area contributed by atoms with Gasteiger partial charge in [0.25, 0.3) is 5.78 Å². The molecule has 0 aliphatic heterocycles. The Labute approximate surface area is 185 Å². The van der Waals surface area contributed by atoms with Crippen LogP contribution in [0, 0.1) is 0 Å². The number of carbonyl (C=O) groups is 4. The van der Waals surface area contributed by atoms with Gasteiger partial charge in [0.05, 0.1) is 29.9 Å². The van der Waals surface area contributed by atoms with Gasteiger partial charge < -0.3 is 18.6 Å². The Morgan fingerprint density at radius 1 is 0.875 bits per heavy atom. The third-order valence-electron chi connectivity index (χ3n) is 4.60. The van der Waals surface area contributed by atoms with Gasteiger partial charge in [0.2, 0.25) is 0 Å². The molecule has 0 unspecified atom stereocenters. The number of benzene rings is 1. The van der Waals surface area contributed by atoms with Crippen LogP contribution in [0.5, 0.6) is 0 Å². The lowest BCUT2D eigenvalue weighted by Gasteiger charge is -2.12. The van der Waals surface area contributed by atoms with Gasteiger partial charge in [-0.25, -0.2) is 14.4 Å². The Kier molecular flexibility index (Phi) is 6.62. The second-order valence-corrected chi connectivity index (χ2v) is 7.68. The van der Waals surface area contributed by atoms with Crippen molar-refractivity contribution in [1.82, 2.24) is 4.40 Å². The number of pyridine rings is 1. The van der Waals surface area contributed by atoms with E-state index < -0.39 is 35.9 Å². The van der Waals surface area contributed by atoms with Crippen molar-refractivity contribution in [1.29, 1.82) is 0 Å². The van der Waals surface area contributed by atoms with Gasteiger partial charge in [0, 0.05) is 11.6 Å². The van der Waals surface area contributed by atoms with Gasteiger partial charge in [-0.05, 0) is 46.1 Å². The summed E-state index contributed by atoms with van der Waals surface area (Å²) in [5.74, 6) is -3.89. The Bertz CT molecular complexity index is 1220. The molecule has 8 nitrogen and oxygen atoms in total. The molecule has 3 aromatic rings. The summed E-state index contributed by atoms with van der Waals surface area (Å²) in [6.45, 7) is 8.16. The van der Waals surface area contributed by atoms with Gasteiger partial charge >= 0.3 is 17.9 Å². The zero-order valence-electron chi connectivity index (χ0n) is 18.6. The molecule has 0 radical (unpaired) electrons. The first kappa shape index (κ1) is 23.0. The van der Waals surface area contributed by atoms with Crippen molar-refractivity contribution in [3.8, 4) is 0 Å². The molecule has 0 aliphatic carbocycles. The summed E-state index contributed by atoms with van der Waals surface area (Å²) in [5.41, 5.74) is -0.523. The van der Waals surface area contributed by atoms with Gasteiger partial charge in [-0.3, -0.25) is 4.79 Å². The number of esters is 3. The third-order valence-corrected chi connectivity index (χ3v) is 4.60. The normalized spacial score (nSPS) is 11.2. The minimum absolute atomic E-state index is 0.0227. The number of aromatic nitrogens is 1. The fourth-order valence-electron chi connectivity index (χ4n) is 3.48.